The van der Waals surface area contributed by atoms with Crippen LogP contribution in [0.1, 0.15) is 91.0 Å². The second-order valence-corrected chi connectivity index (χ2v) is 19.0. The quantitative estimate of drug-likeness (QED) is 0.0776. The number of nitrogens with one attached hydrogen (secondary N) is 6. The lowest BCUT2D eigenvalue weighted by molar-refractivity contribution is -0.142. The van der Waals surface area contributed by atoms with Crippen LogP contribution in [0.4, 0.5) is 0 Å². The molecule has 0 bridgehead atoms. The number of nitrogens with two attached hydrogens (primary N) is 3. The Morgan fingerprint density at radius 3 is 2.10 bits per heavy atom. The molecule has 0 aromatic heterocycles. The average molecular weight is 988 g/mol. The third-order valence-electron chi connectivity index (χ3n) is 11.9. The summed E-state index contributed by atoms with van der Waals surface area (Å²) in [6, 6.07) is -3.25. The lowest BCUT2D eigenvalue weighted by atomic mass is 9.96. The Balaban J connectivity index is 2.05. The van der Waals surface area contributed by atoms with Crippen LogP contribution in [0.5, 0.6) is 5.75 Å². The fourth-order valence-corrected chi connectivity index (χ4v) is 8.78. The smallest absolute Gasteiger partial charge is 0.246 e. The van der Waals surface area contributed by atoms with Gasteiger partial charge in [0.05, 0.1) is 13.0 Å². The molecule has 0 spiro atoms. The molecular weight excluding hydrogens is 919 g/mol. The monoisotopic (exact) mass is 987 g/mol. The highest BCUT2D eigenvalue weighted by molar-refractivity contribution is 7.99. The Labute approximate surface area is 405 Å². The number of benzene rings is 1. The molecule has 382 valence electrons. The topological polar surface area (TPSA) is 365 Å². The van der Waals surface area contributed by atoms with Gasteiger partial charge in [0.1, 0.15) is 48.0 Å². The molecule has 2 heterocycles. The van der Waals surface area contributed by atoms with Crippen molar-refractivity contribution in [2.45, 2.75) is 134 Å². The molecule has 2 fully saturated rings. The van der Waals surface area contributed by atoms with E-state index in [9.17, 15) is 57.8 Å². The van der Waals surface area contributed by atoms with Crippen molar-refractivity contribution < 1.29 is 57.8 Å². The number of phenols is 1. The Morgan fingerprint density at radius 1 is 0.841 bits per heavy atom. The molecule has 23 nitrogen and oxygen atoms in total. The van der Waals surface area contributed by atoms with Gasteiger partial charge in [0, 0.05) is 38.6 Å². The number of phenolic OH excluding ortho intramolecular Hbond substituents is 1. The van der Waals surface area contributed by atoms with Crippen LogP contribution in [0.15, 0.2) is 24.3 Å². The molecule has 0 aliphatic carbocycles. The molecule has 1 unspecified atom stereocenters. The first-order valence-electron chi connectivity index (χ1n) is 23.1. The third kappa shape index (κ3) is 18.2. The second kappa shape index (κ2) is 27.5. The number of hydrogen-bond donors (Lipinski definition) is 10. The highest BCUT2D eigenvalue weighted by Gasteiger charge is 2.41. The van der Waals surface area contributed by atoms with Gasteiger partial charge in [0.2, 0.25) is 65.0 Å². The minimum Gasteiger partial charge on any atom is -0.508 e. The maximum atomic E-state index is 14.5. The van der Waals surface area contributed by atoms with Crippen molar-refractivity contribution in [3.8, 4) is 5.75 Å². The van der Waals surface area contributed by atoms with Gasteiger partial charge in [-0.2, -0.15) is 11.8 Å². The molecular formula is C45H69N11O12S. The molecule has 24 heteroatoms. The SMILES string of the molecule is CCC(C)[C@@H]1NC(=O)[C@H](Cc2ccc(O)cc2)N(C)C(=O)CCCSC[C@@H](C(=O)N2CCC[C@H]2C(=O)N[C@@H](CC(C)C)C(=O)NCC(N)=O)NC(=O)[C@H](CC(N)=O)NC(=O)[C@H](CCC(N)=O)NC1=O. The summed E-state index contributed by atoms with van der Waals surface area (Å²) in [4.78, 5) is 150. The summed E-state index contributed by atoms with van der Waals surface area (Å²) in [7, 11) is 1.45. The molecule has 1 aromatic rings. The number of likely N-dealkylation sites (tertiary alicyclic amines) is 1. The van der Waals surface area contributed by atoms with E-state index in [0.29, 0.717) is 18.4 Å². The lowest BCUT2D eigenvalue weighted by Gasteiger charge is -2.32. The van der Waals surface area contributed by atoms with Crippen molar-refractivity contribution in [3.05, 3.63) is 29.8 Å². The fourth-order valence-electron chi connectivity index (χ4n) is 7.81. The van der Waals surface area contributed by atoms with Crippen LogP contribution in [0.3, 0.4) is 0 Å². The summed E-state index contributed by atoms with van der Waals surface area (Å²) in [6.07, 6.45) is -0.264. The summed E-state index contributed by atoms with van der Waals surface area (Å²) in [6.45, 7) is 6.72. The van der Waals surface area contributed by atoms with Crippen molar-refractivity contribution in [1.82, 2.24) is 41.7 Å². The van der Waals surface area contributed by atoms with Crippen molar-refractivity contribution >= 4 is 76.7 Å². The van der Waals surface area contributed by atoms with E-state index in [1.54, 1.807) is 26.0 Å². The van der Waals surface area contributed by atoms with Crippen LogP contribution in [-0.4, -0.2) is 154 Å². The molecule has 8 atom stereocenters. The maximum Gasteiger partial charge on any atom is 0.246 e. The number of carbonyl (C=O) groups is 11. The van der Waals surface area contributed by atoms with E-state index >= 15 is 0 Å². The Kier molecular flexibility index (Phi) is 22.7. The zero-order chi connectivity index (χ0) is 51.5. The highest BCUT2D eigenvalue weighted by Crippen LogP contribution is 2.22. The number of rotatable bonds is 17. The van der Waals surface area contributed by atoms with Gasteiger partial charge >= 0.3 is 0 Å². The summed E-state index contributed by atoms with van der Waals surface area (Å²) >= 11 is 1.18. The molecule has 11 amide bonds. The lowest BCUT2D eigenvalue weighted by Crippen LogP contribution is -2.61. The summed E-state index contributed by atoms with van der Waals surface area (Å²) < 4.78 is 0. The van der Waals surface area contributed by atoms with Crippen LogP contribution >= 0.6 is 11.8 Å². The Hall–Kier alpha value is -6.46. The molecule has 13 N–H and O–H groups in total. The number of amides is 11. The zero-order valence-electron chi connectivity index (χ0n) is 39.9. The second-order valence-electron chi connectivity index (χ2n) is 17.9. The zero-order valence-corrected chi connectivity index (χ0v) is 40.7. The van der Waals surface area contributed by atoms with Gasteiger partial charge in [0.25, 0.3) is 0 Å². The molecule has 0 radical (unpaired) electrons. The van der Waals surface area contributed by atoms with E-state index in [0.717, 1.165) is 0 Å². The van der Waals surface area contributed by atoms with Crippen molar-refractivity contribution in [1.29, 1.82) is 0 Å². The van der Waals surface area contributed by atoms with Crippen LogP contribution in [0, 0.1) is 11.8 Å². The van der Waals surface area contributed by atoms with Gasteiger partial charge in [-0.25, -0.2) is 0 Å². The number of hydrogen-bond acceptors (Lipinski definition) is 13. The van der Waals surface area contributed by atoms with Crippen LogP contribution in [0.2, 0.25) is 0 Å². The number of thioether (sulfide) groups is 1. The molecule has 2 aliphatic rings. The average Bonchev–Trinajstić information content (AvgIpc) is 3.79. The molecule has 1 aromatic carbocycles. The fraction of sp³-hybridized carbons (Fsp3) is 0.622. The number of likely N-dealkylation sites (N-methyl/N-ethyl adjacent to an activating group) is 1. The van der Waals surface area contributed by atoms with E-state index in [1.807, 2.05) is 13.8 Å². The van der Waals surface area contributed by atoms with Gasteiger partial charge < -0.3 is 64.0 Å². The van der Waals surface area contributed by atoms with Gasteiger partial charge in [0.15, 0.2) is 0 Å². The van der Waals surface area contributed by atoms with E-state index in [4.69, 9.17) is 17.2 Å². The van der Waals surface area contributed by atoms with Gasteiger partial charge in [-0.3, -0.25) is 52.7 Å². The first-order valence-corrected chi connectivity index (χ1v) is 24.2. The standard InChI is InChI=1S/C45H69N11O12S/c1-6-25(4)38-44(67)50-28(15-16-34(46)58)40(63)51-30(21-35(47)59)41(64)53-31(23-69-18-8-10-37(61)55(5)33(43(66)54-38)20-26-11-13-27(57)14-12-26)45(68)56-17-7-9-32(56)42(65)52-29(19-24(2)3)39(62)49-22-36(48)60/h11-14,24-25,28-33,38,57H,6-10,15-23H2,1-5H3,(H2,46,58)(H2,47,59)(H2,48,60)(H,49,62)(H,50,67)(H,51,63)(H,52,65)(H,53,64)(H,54,66)/t25?,28-,29-,30-,31-,32-,33-,38-/m0/s1. The number of carbonyl (C=O) groups excluding carboxylic acids is 11. The minimum absolute atomic E-state index is 0.0112. The summed E-state index contributed by atoms with van der Waals surface area (Å²) in [5.74, 6) is -9.21. The molecule has 2 saturated heterocycles. The highest BCUT2D eigenvalue weighted by atomic mass is 32.2. The molecule has 3 rings (SSSR count). The van der Waals surface area contributed by atoms with Crippen LogP contribution in [0.25, 0.3) is 0 Å². The maximum absolute atomic E-state index is 14.5. The number of primary amides is 3. The first-order chi connectivity index (χ1) is 32.5. The molecule has 69 heavy (non-hydrogen) atoms. The third-order valence-corrected chi connectivity index (χ3v) is 13.0. The van der Waals surface area contributed by atoms with E-state index in [2.05, 4.69) is 31.9 Å². The van der Waals surface area contributed by atoms with Gasteiger partial charge in [-0.15, -0.1) is 0 Å². The number of aromatic hydroxyl groups is 1. The Bertz CT molecular complexity index is 2040. The van der Waals surface area contributed by atoms with Crippen LogP contribution < -0.4 is 49.1 Å². The largest absolute Gasteiger partial charge is 0.508 e. The van der Waals surface area contributed by atoms with Crippen LogP contribution in [-0.2, 0) is 59.2 Å². The minimum atomic E-state index is -1.72. The van der Waals surface area contributed by atoms with Crippen molar-refractivity contribution in [2.75, 3.05) is 31.6 Å². The number of nitrogens with zero attached hydrogens (tertiary/aromatic N) is 2. The summed E-state index contributed by atoms with van der Waals surface area (Å²) in [5, 5.41) is 25.3. The molecule has 0 saturated carbocycles. The predicted octanol–water partition coefficient (Wildman–Crippen LogP) is -2.46. The predicted molar refractivity (Wildman–Crippen MR) is 253 cm³/mol. The van der Waals surface area contributed by atoms with E-state index < -0.39 is 133 Å². The summed E-state index contributed by atoms with van der Waals surface area (Å²) in [5.41, 5.74) is 16.7. The van der Waals surface area contributed by atoms with Crippen molar-refractivity contribution in [3.63, 3.8) is 0 Å². The normalized spacial score (nSPS) is 23.4. The molecule has 2 aliphatic heterocycles. The first kappa shape index (κ1) is 56.9. The van der Waals surface area contributed by atoms with Gasteiger partial charge in [-0.05, 0) is 67.4 Å². The van der Waals surface area contributed by atoms with E-state index in [-0.39, 0.29) is 68.2 Å². The van der Waals surface area contributed by atoms with Gasteiger partial charge in [-0.1, -0.05) is 46.2 Å². The van der Waals surface area contributed by atoms with Crippen molar-refractivity contribution in [2.24, 2.45) is 29.0 Å². The Morgan fingerprint density at radius 2 is 1.49 bits per heavy atom. The van der Waals surface area contributed by atoms with E-state index in [1.165, 1.54) is 40.7 Å².